The van der Waals surface area contributed by atoms with Gasteiger partial charge in [-0.2, -0.15) is 5.10 Å². The van der Waals surface area contributed by atoms with Gasteiger partial charge in [-0.15, -0.1) is 0 Å². The smallest absolute Gasteiger partial charge is 0.223 e. The lowest BCUT2D eigenvalue weighted by Gasteiger charge is -2.12. The lowest BCUT2D eigenvalue weighted by molar-refractivity contribution is -0.124. The molecule has 1 heterocycles. The van der Waals surface area contributed by atoms with E-state index in [0.29, 0.717) is 13.1 Å². The molecule has 1 unspecified atom stereocenters. The number of nitrogens with two attached hydrogens (primary N) is 1. The molecular formula is C13H24N4O. The minimum absolute atomic E-state index is 0.0376. The van der Waals surface area contributed by atoms with Crippen LogP contribution in [-0.2, 0) is 18.3 Å². The Hall–Kier alpha value is -1.36. The van der Waals surface area contributed by atoms with Crippen molar-refractivity contribution in [3.8, 4) is 0 Å². The first-order valence-electron chi connectivity index (χ1n) is 6.44. The normalized spacial score (nSPS) is 12.5. The fourth-order valence-corrected chi connectivity index (χ4v) is 2.00. The van der Waals surface area contributed by atoms with Crippen LogP contribution < -0.4 is 11.1 Å². The van der Waals surface area contributed by atoms with E-state index in [2.05, 4.69) is 10.4 Å². The summed E-state index contributed by atoms with van der Waals surface area (Å²) in [5.74, 6) is 0.0514. The molecule has 0 aliphatic heterocycles. The summed E-state index contributed by atoms with van der Waals surface area (Å²) >= 11 is 0. The summed E-state index contributed by atoms with van der Waals surface area (Å²) in [6, 6.07) is 0. The van der Waals surface area contributed by atoms with E-state index < -0.39 is 0 Å². The molecule has 0 aliphatic carbocycles. The molecule has 0 saturated heterocycles. The molecule has 0 fully saturated rings. The maximum absolute atomic E-state index is 11.9. The fraction of sp³-hybridized carbons (Fsp3) is 0.692. The second-order valence-electron chi connectivity index (χ2n) is 4.81. The van der Waals surface area contributed by atoms with E-state index in [1.807, 2.05) is 32.5 Å². The van der Waals surface area contributed by atoms with Crippen molar-refractivity contribution in [3.05, 3.63) is 17.0 Å². The lowest BCUT2D eigenvalue weighted by atomic mass is 9.99. The molecule has 5 heteroatoms. The van der Waals surface area contributed by atoms with Crippen LogP contribution in [0.15, 0.2) is 0 Å². The van der Waals surface area contributed by atoms with Gasteiger partial charge in [0.25, 0.3) is 0 Å². The molecular weight excluding hydrogens is 228 g/mol. The molecule has 0 aromatic carbocycles. The second kappa shape index (κ2) is 6.54. The molecule has 0 aliphatic rings. The number of aromatic nitrogens is 2. The van der Waals surface area contributed by atoms with Crippen LogP contribution in [0.3, 0.4) is 0 Å². The first-order chi connectivity index (χ1) is 8.47. The third kappa shape index (κ3) is 3.57. The zero-order valence-electron chi connectivity index (χ0n) is 11.8. The van der Waals surface area contributed by atoms with Gasteiger partial charge >= 0.3 is 0 Å². The van der Waals surface area contributed by atoms with E-state index in [0.717, 1.165) is 24.2 Å². The first-order valence-corrected chi connectivity index (χ1v) is 6.44. The van der Waals surface area contributed by atoms with Gasteiger partial charge in [0.1, 0.15) is 0 Å². The maximum atomic E-state index is 11.9. The highest BCUT2D eigenvalue weighted by atomic mass is 16.1. The molecule has 1 aromatic heterocycles. The Labute approximate surface area is 109 Å². The van der Waals surface area contributed by atoms with E-state index in [1.54, 1.807) is 0 Å². The van der Waals surface area contributed by atoms with Crippen LogP contribution in [0.5, 0.6) is 0 Å². The Balaban J connectivity index is 2.58. The molecule has 1 aromatic rings. The van der Waals surface area contributed by atoms with Crippen LogP contribution in [0.4, 0.5) is 0 Å². The van der Waals surface area contributed by atoms with Crippen LogP contribution >= 0.6 is 0 Å². The van der Waals surface area contributed by atoms with Crippen LogP contribution in [0.2, 0.25) is 0 Å². The quantitative estimate of drug-likeness (QED) is 0.731. The van der Waals surface area contributed by atoms with Crippen molar-refractivity contribution in [1.29, 1.82) is 0 Å². The number of nitrogens with zero attached hydrogens (tertiary/aromatic N) is 2. The number of nitrogens with one attached hydrogen (secondary N) is 1. The Bertz CT molecular complexity index is 411. The van der Waals surface area contributed by atoms with Crippen LogP contribution in [0.1, 0.15) is 30.3 Å². The van der Waals surface area contributed by atoms with Gasteiger partial charge in [-0.3, -0.25) is 9.48 Å². The topological polar surface area (TPSA) is 72.9 Å². The standard InChI is InChI=1S/C13H24N4O/c1-9(13(18)15-7-5-6-14)8-12-10(2)16-17(4)11(12)3/h9H,5-8,14H2,1-4H3,(H,15,18). The predicted octanol–water partition coefficient (Wildman–Crippen LogP) is 0.681. The molecule has 0 radical (unpaired) electrons. The fourth-order valence-electron chi connectivity index (χ4n) is 2.00. The van der Waals surface area contributed by atoms with Gasteiger partial charge in [-0.1, -0.05) is 6.92 Å². The van der Waals surface area contributed by atoms with Gasteiger partial charge in [-0.05, 0) is 38.8 Å². The summed E-state index contributed by atoms with van der Waals surface area (Å²) in [5, 5.41) is 7.27. The van der Waals surface area contributed by atoms with Crippen LogP contribution in [-0.4, -0.2) is 28.8 Å². The number of amides is 1. The minimum atomic E-state index is -0.0376. The number of rotatable bonds is 6. The molecule has 1 rings (SSSR count). The molecule has 18 heavy (non-hydrogen) atoms. The molecule has 0 spiro atoms. The summed E-state index contributed by atoms with van der Waals surface area (Å²) in [6.07, 6.45) is 1.56. The van der Waals surface area contributed by atoms with Crippen molar-refractivity contribution in [2.75, 3.05) is 13.1 Å². The number of carbonyl (C=O) groups is 1. The lowest BCUT2D eigenvalue weighted by Crippen LogP contribution is -2.32. The summed E-state index contributed by atoms with van der Waals surface area (Å²) in [5.41, 5.74) is 8.72. The largest absolute Gasteiger partial charge is 0.356 e. The Morgan fingerprint density at radius 2 is 2.17 bits per heavy atom. The summed E-state index contributed by atoms with van der Waals surface area (Å²) < 4.78 is 1.86. The molecule has 5 nitrogen and oxygen atoms in total. The minimum Gasteiger partial charge on any atom is -0.356 e. The highest BCUT2D eigenvalue weighted by molar-refractivity contribution is 5.78. The van der Waals surface area contributed by atoms with Crippen LogP contribution in [0.25, 0.3) is 0 Å². The molecule has 1 atom stereocenters. The van der Waals surface area contributed by atoms with Gasteiger partial charge in [-0.25, -0.2) is 0 Å². The SMILES string of the molecule is Cc1nn(C)c(C)c1CC(C)C(=O)NCCCN. The third-order valence-electron chi connectivity index (χ3n) is 3.30. The number of carbonyl (C=O) groups excluding carboxylic acids is 1. The Morgan fingerprint density at radius 3 is 2.67 bits per heavy atom. The van der Waals surface area contributed by atoms with Gasteiger partial charge in [0.2, 0.25) is 5.91 Å². The van der Waals surface area contributed by atoms with E-state index in [-0.39, 0.29) is 11.8 Å². The predicted molar refractivity (Wildman–Crippen MR) is 72.2 cm³/mol. The Kier molecular flexibility index (Phi) is 5.34. The van der Waals surface area contributed by atoms with Crippen molar-refractivity contribution in [2.24, 2.45) is 18.7 Å². The number of aryl methyl sites for hydroxylation is 2. The zero-order valence-corrected chi connectivity index (χ0v) is 11.8. The maximum Gasteiger partial charge on any atom is 0.223 e. The van der Waals surface area contributed by atoms with E-state index in [9.17, 15) is 4.79 Å². The monoisotopic (exact) mass is 252 g/mol. The average Bonchev–Trinajstić information content (AvgIpc) is 2.56. The molecule has 3 N–H and O–H groups in total. The van der Waals surface area contributed by atoms with Crippen LogP contribution in [0, 0.1) is 19.8 Å². The van der Waals surface area contributed by atoms with Gasteiger partial charge in [0, 0.05) is 25.2 Å². The Morgan fingerprint density at radius 1 is 1.50 bits per heavy atom. The van der Waals surface area contributed by atoms with Crippen molar-refractivity contribution in [1.82, 2.24) is 15.1 Å². The summed E-state index contributed by atoms with van der Waals surface area (Å²) in [7, 11) is 1.93. The number of hydrogen-bond acceptors (Lipinski definition) is 3. The molecule has 102 valence electrons. The molecule has 1 amide bonds. The highest BCUT2D eigenvalue weighted by Crippen LogP contribution is 2.16. The van der Waals surface area contributed by atoms with E-state index in [4.69, 9.17) is 5.73 Å². The van der Waals surface area contributed by atoms with Crippen molar-refractivity contribution in [2.45, 2.75) is 33.6 Å². The molecule has 0 bridgehead atoms. The summed E-state index contributed by atoms with van der Waals surface area (Å²) in [4.78, 5) is 11.9. The molecule has 0 saturated carbocycles. The summed E-state index contributed by atoms with van der Waals surface area (Å²) in [6.45, 7) is 7.24. The number of hydrogen-bond donors (Lipinski definition) is 2. The van der Waals surface area contributed by atoms with Gasteiger partial charge in [0.15, 0.2) is 0 Å². The average molecular weight is 252 g/mol. The zero-order chi connectivity index (χ0) is 13.7. The van der Waals surface area contributed by atoms with Crippen molar-refractivity contribution in [3.63, 3.8) is 0 Å². The van der Waals surface area contributed by atoms with Gasteiger partial charge in [0.05, 0.1) is 5.69 Å². The van der Waals surface area contributed by atoms with Gasteiger partial charge < -0.3 is 11.1 Å². The first kappa shape index (κ1) is 14.7. The third-order valence-corrected chi connectivity index (χ3v) is 3.30. The van der Waals surface area contributed by atoms with Crippen molar-refractivity contribution >= 4 is 5.91 Å². The van der Waals surface area contributed by atoms with Crippen molar-refractivity contribution < 1.29 is 4.79 Å². The second-order valence-corrected chi connectivity index (χ2v) is 4.81. The van der Waals surface area contributed by atoms with E-state index >= 15 is 0 Å². The van der Waals surface area contributed by atoms with E-state index in [1.165, 1.54) is 5.56 Å². The highest BCUT2D eigenvalue weighted by Gasteiger charge is 2.17.